The molecule has 0 aliphatic rings. The number of benzene rings is 3. The van der Waals surface area contributed by atoms with Crippen molar-refractivity contribution in [2.45, 2.75) is 63.8 Å². The zero-order valence-electron chi connectivity index (χ0n) is 24.9. The van der Waals surface area contributed by atoms with Crippen molar-refractivity contribution in [1.29, 1.82) is 0 Å². The molecule has 1 heterocycles. The minimum atomic E-state index is -3.75. The summed E-state index contributed by atoms with van der Waals surface area (Å²) < 4.78 is 28.0. The number of aromatic nitrogens is 1. The van der Waals surface area contributed by atoms with E-state index in [0.717, 1.165) is 47.7 Å². The molecule has 10 heteroatoms. The fraction of sp³-hybridized carbons (Fsp3) is 0.333. The lowest BCUT2D eigenvalue weighted by Gasteiger charge is -2.21. The first-order chi connectivity index (χ1) is 20.7. The summed E-state index contributed by atoms with van der Waals surface area (Å²) in [6.07, 6.45) is 6.42. The van der Waals surface area contributed by atoms with Crippen LogP contribution in [0, 0.1) is 12.8 Å². The average Bonchev–Trinajstić information content (AvgIpc) is 3.40. The number of anilines is 2. The van der Waals surface area contributed by atoms with Gasteiger partial charge in [-0.3, -0.25) is 9.52 Å². The van der Waals surface area contributed by atoms with Gasteiger partial charge in [0.15, 0.2) is 0 Å². The minimum absolute atomic E-state index is 0.162. The zero-order valence-corrected chi connectivity index (χ0v) is 25.8. The molecule has 0 saturated carbocycles. The minimum Gasteiger partial charge on any atom is -0.361 e. The molecule has 0 spiro atoms. The highest BCUT2D eigenvalue weighted by Gasteiger charge is 2.23. The van der Waals surface area contributed by atoms with Gasteiger partial charge >= 0.3 is 6.03 Å². The van der Waals surface area contributed by atoms with Gasteiger partial charge in [-0.1, -0.05) is 69.0 Å². The van der Waals surface area contributed by atoms with Crippen molar-refractivity contribution in [2.24, 2.45) is 5.92 Å². The summed E-state index contributed by atoms with van der Waals surface area (Å²) in [6.45, 7) is 6.73. The summed E-state index contributed by atoms with van der Waals surface area (Å²) in [4.78, 5) is 29.8. The van der Waals surface area contributed by atoms with Crippen molar-refractivity contribution < 1.29 is 18.0 Å². The number of carbonyl (C=O) groups is 2. The second-order valence-electron chi connectivity index (χ2n) is 10.9. The molecule has 5 N–H and O–H groups in total. The predicted molar refractivity (Wildman–Crippen MR) is 173 cm³/mol. The average molecular weight is 604 g/mol. The number of carbonyl (C=O) groups excluding carboxylic acids is 2. The van der Waals surface area contributed by atoms with Crippen molar-refractivity contribution in [2.75, 3.05) is 16.6 Å². The molecular formula is C33H41N5O4S. The molecule has 43 heavy (non-hydrogen) atoms. The first-order valence-corrected chi connectivity index (χ1v) is 16.3. The van der Waals surface area contributed by atoms with Gasteiger partial charge in [-0.05, 0) is 67.3 Å². The van der Waals surface area contributed by atoms with E-state index in [2.05, 4.69) is 39.5 Å². The lowest BCUT2D eigenvalue weighted by Crippen LogP contribution is -2.50. The number of aryl methyl sites for hydroxylation is 1. The lowest BCUT2D eigenvalue weighted by atomic mass is 9.99. The smallest absolute Gasteiger partial charge is 0.319 e. The lowest BCUT2D eigenvalue weighted by molar-refractivity contribution is -0.123. The van der Waals surface area contributed by atoms with Gasteiger partial charge in [0, 0.05) is 41.4 Å². The Balaban J connectivity index is 1.42. The summed E-state index contributed by atoms with van der Waals surface area (Å²) in [5.41, 5.74) is 3.67. The van der Waals surface area contributed by atoms with E-state index in [4.69, 9.17) is 0 Å². The van der Waals surface area contributed by atoms with Crippen molar-refractivity contribution in [1.82, 2.24) is 15.6 Å². The number of sulfonamides is 1. The molecule has 0 saturated heterocycles. The van der Waals surface area contributed by atoms with Crippen LogP contribution < -0.4 is 20.7 Å². The van der Waals surface area contributed by atoms with Gasteiger partial charge in [0.25, 0.3) is 10.0 Å². The van der Waals surface area contributed by atoms with E-state index in [0.29, 0.717) is 30.3 Å². The van der Waals surface area contributed by atoms with Gasteiger partial charge in [0.05, 0.1) is 4.90 Å². The highest BCUT2D eigenvalue weighted by atomic mass is 32.2. The van der Waals surface area contributed by atoms with Crippen molar-refractivity contribution >= 4 is 44.2 Å². The number of urea groups is 1. The van der Waals surface area contributed by atoms with E-state index in [-0.39, 0.29) is 10.8 Å². The topological polar surface area (TPSA) is 132 Å². The van der Waals surface area contributed by atoms with Crippen molar-refractivity contribution in [3.05, 3.63) is 90.1 Å². The third-order valence-electron chi connectivity index (χ3n) is 7.56. The molecule has 3 aromatic carbocycles. The largest absolute Gasteiger partial charge is 0.361 e. The molecule has 4 aromatic rings. The van der Waals surface area contributed by atoms with Crippen LogP contribution in [0.1, 0.15) is 50.7 Å². The summed E-state index contributed by atoms with van der Waals surface area (Å²) in [6, 6.07) is 19.4. The van der Waals surface area contributed by atoms with Crippen LogP contribution in [0.4, 0.5) is 16.2 Å². The highest BCUT2D eigenvalue weighted by Crippen LogP contribution is 2.21. The normalized spacial score (nSPS) is 12.8. The van der Waals surface area contributed by atoms with E-state index in [1.165, 1.54) is 0 Å². The van der Waals surface area contributed by atoms with Gasteiger partial charge < -0.3 is 20.9 Å². The highest BCUT2D eigenvalue weighted by molar-refractivity contribution is 7.92. The Labute approximate surface area is 253 Å². The summed E-state index contributed by atoms with van der Waals surface area (Å²) in [7, 11) is -3.75. The predicted octanol–water partition coefficient (Wildman–Crippen LogP) is 6.34. The quantitative estimate of drug-likeness (QED) is 0.115. The van der Waals surface area contributed by atoms with E-state index in [9.17, 15) is 18.0 Å². The molecule has 0 radical (unpaired) electrons. The van der Waals surface area contributed by atoms with Gasteiger partial charge in [-0.25, -0.2) is 13.2 Å². The maximum Gasteiger partial charge on any atom is 0.319 e. The van der Waals surface area contributed by atoms with E-state index >= 15 is 0 Å². The van der Waals surface area contributed by atoms with Gasteiger partial charge in [-0.2, -0.15) is 0 Å². The van der Waals surface area contributed by atoms with E-state index in [1.54, 1.807) is 48.5 Å². The van der Waals surface area contributed by atoms with Gasteiger partial charge in [-0.15, -0.1) is 0 Å². The number of nitrogens with one attached hydrogen (secondary N) is 5. The monoisotopic (exact) mass is 603 g/mol. The molecule has 2 atom stereocenters. The second kappa shape index (κ2) is 14.7. The summed E-state index contributed by atoms with van der Waals surface area (Å²) >= 11 is 0. The number of aromatic amines is 1. The third kappa shape index (κ3) is 8.84. The Kier molecular flexibility index (Phi) is 10.8. The molecule has 4 rings (SSSR count). The molecule has 0 fully saturated rings. The van der Waals surface area contributed by atoms with Gasteiger partial charge in [0.1, 0.15) is 6.04 Å². The van der Waals surface area contributed by atoms with Crippen LogP contribution in [0.5, 0.6) is 0 Å². The number of fused-ring (bicyclic) bond motifs is 1. The van der Waals surface area contributed by atoms with E-state index < -0.39 is 22.1 Å². The number of unbranched alkanes of at least 4 members (excludes halogenated alkanes) is 1. The molecule has 0 aliphatic heterocycles. The Morgan fingerprint density at radius 1 is 0.907 bits per heavy atom. The van der Waals surface area contributed by atoms with Crippen molar-refractivity contribution in [3.8, 4) is 0 Å². The fourth-order valence-electron chi connectivity index (χ4n) is 4.92. The Morgan fingerprint density at radius 3 is 2.30 bits per heavy atom. The van der Waals surface area contributed by atoms with Crippen LogP contribution >= 0.6 is 0 Å². The number of hydrogen-bond acceptors (Lipinski definition) is 4. The number of amides is 3. The molecule has 3 amide bonds. The molecule has 1 aromatic heterocycles. The van der Waals surface area contributed by atoms with Crippen LogP contribution in [0.2, 0.25) is 0 Å². The number of hydrogen-bond donors (Lipinski definition) is 5. The first-order valence-electron chi connectivity index (χ1n) is 14.8. The molecule has 9 nitrogen and oxygen atoms in total. The molecule has 1 unspecified atom stereocenters. The third-order valence-corrected chi connectivity index (χ3v) is 8.95. The van der Waals surface area contributed by atoms with E-state index in [1.807, 2.05) is 37.4 Å². The SMILES string of the molecule is CCCCC(CC)CNC(=O)[C@@H](Cc1c[nH]c2ccccc12)NC(=O)Nc1ccc(NS(=O)(=O)c2ccc(C)cc2)cc1. The molecule has 0 bridgehead atoms. The first kappa shape index (κ1) is 31.6. The second-order valence-corrected chi connectivity index (χ2v) is 12.6. The van der Waals surface area contributed by atoms with Gasteiger partial charge in [0.2, 0.25) is 5.91 Å². The molecule has 0 aliphatic carbocycles. The van der Waals surface area contributed by atoms with Crippen LogP contribution in [0.3, 0.4) is 0 Å². The van der Waals surface area contributed by atoms with Crippen LogP contribution in [-0.2, 0) is 21.2 Å². The van der Waals surface area contributed by atoms with Crippen molar-refractivity contribution in [3.63, 3.8) is 0 Å². The van der Waals surface area contributed by atoms with Crippen LogP contribution in [0.25, 0.3) is 10.9 Å². The Hall–Kier alpha value is -4.31. The number of para-hydroxylation sites is 1. The molecule has 228 valence electrons. The number of rotatable bonds is 14. The standard InChI is InChI=1S/C33H41N5O4S/c1-4-6-9-24(5-2)21-35-32(39)31(20-25-22-34-30-11-8-7-10-29(25)30)37-33(40)36-26-14-16-27(17-15-26)38-43(41,42)28-18-12-23(3)13-19-28/h7-8,10-19,22,24,31,34,38H,4-6,9,20-21H2,1-3H3,(H,35,39)(H2,36,37,40)/t24?,31-/m1/s1. The molecular weight excluding hydrogens is 562 g/mol. The fourth-order valence-corrected chi connectivity index (χ4v) is 5.98. The van der Waals surface area contributed by atoms with Crippen LogP contribution in [-0.4, -0.2) is 37.9 Å². The summed E-state index contributed by atoms with van der Waals surface area (Å²) in [5, 5.41) is 9.67. The maximum absolute atomic E-state index is 13.4. The Morgan fingerprint density at radius 2 is 1.60 bits per heavy atom. The van der Waals surface area contributed by atoms with Crippen LogP contribution in [0.15, 0.2) is 83.9 Å². The Bertz CT molecular complexity index is 1620. The number of H-pyrrole nitrogens is 1. The zero-order chi connectivity index (χ0) is 30.8. The summed E-state index contributed by atoms with van der Waals surface area (Å²) in [5.74, 6) is 0.143. The maximum atomic E-state index is 13.4.